The fraction of sp³-hybridized carbons (Fsp3) is 0.333. The van der Waals surface area contributed by atoms with Gasteiger partial charge in [0.05, 0.1) is 17.8 Å². The van der Waals surface area contributed by atoms with Crippen molar-refractivity contribution >= 4 is 17.7 Å². The van der Waals surface area contributed by atoms with Crippen LogP contribution in [0.2, 0.25) is 0 Å². The molecule has 1 aromatic carbocycles. The lowest BCUT2D eigenvalue weighted by Gasteiger charge is -2.21. The molecule has 2 rings (SSSR count). The van der Waals surface area contributed by atoms with E-state index in [0.717, 1.165) is 18.9 Å². The van der Waals surface area contributed by atoms with Crippen LogP contribution in [0.3, 0.4) is 0 Å². The van der Waals surface area contributed by atoms with Crippen LogP contribution in [-0.4, -0.2) is 40.2 Å². The Morgan fingerprint density at radius 2 is 2.14 bits per heavy atom. The summed E-state index contributed by atoms with van der Waals surface area (Å²) in [6.45, 7) is 0.778. The van der Waals surface area contributed by atoms with Crippen LogP contribution in [0.25, 0.3) is 0 Å². The van der Waals surface area contributed by atoms with Crippen LogP contribution in [0.1, 0.15) is 23.2 Å². The molecular weight excluding hydrogens is 272 g/mol. The first-order chi connectivity index (χ1) is 10.0. The Labute approximate surface area is 122 Å². The zero-order chi connectivity index (χ0) is 15.4. The summed E-state index contributed by atoms with van der Waals surface area (Å²) in [7, 11) is 0. The highest BCUT2D eigenvalue weighted by atomic mass is 16.4. The molecule has 1 aromatic rings. The number of carbonyl (C=O) groups is 2. The van der Waals surface area contributed by atoms with Gasteiger partial charge in [0.2, 0.25) is 0 Å². The molecule has 1 aliphatic rings. The van der Waals surface area contributed by atoms with Crippen LogP contribution in [0.5, 0.6) is 5.75 Å². The van der Waals surface area contributed by atoms with Crippen LogP contribution in [0.15, 0.2) is 18.2 Å². The lowest BCUT2D eigenvalue weighted by Crippen LogP contribution is -2.36. The first-order valence-corrected chi connectivity index (χ1v) is 6.57. The maximum absolute atomic E-state index is 12.1. The number of urea groups is 1. The van der Waals surface area contributed by atoms with E-state index in [1.165, 1.54) is 17.0 Å². The SMILES string of the molecule is C#CCN(CC1CC1)C(=O)Nc1ccc(C(=O)O)cc1O. The minimum Gasteiger partial charge on any atom is -0.506 e. The first kappa shape index (κ1) is 14.7. The molecule has 0 spiro atoms. The fourth-order valence-electron chi connectivity index (χ4n) is 1.91. The molecule has 6 heteroatoms. The summed E-state index contributed by atoms with van der Waals surface area (Å²) in [5.74, 6) is 1.48. The predicted molar refractivity (Wildman–Crippen MR) is 77.2 cm³/mol. The van der Waals surface area contributed by atoms with E-state index in [4.69, 9.17) is 11.5 Å². The summed E-state index contributed by atoms with van der Waals surface area (Å²) in [5.41, 5.74) is 0.103. The number of carboxylic acid groups (broad SMARTS) is 1. The Hall–Kier alpha value is -2.68. The van der Waals surface area contributed by atoms with Crippen LogP contribution in [0.4, 0.5) is 10.5 Å². The molecule has 1 saturated carbocycles. The number of carboxylic acids is 1. The number of phenolic OH excluding ortho intramolecular Hbond substituents is 1. The van der Waals surface area contributed by atoms with Gasteiger partial charge in [-0.2, -0.15) is 0 Å². The van der Waals surface area contributed by atoms with Gasteiger partial charge in [0.25, 0.3) is 0 Å². The van der Waals surface area contributed by atoms with Gasteiger partial charge in [-0.3, -0.25) is 0 Å². The number of nitrogens with one attached hydrogen (secondary N) is 1. The van der Waals surface area contributed by atoms with Crippen molar-refractivity contribution in [2.45, 2.75) is 12.8 Å². The number of aromatic hydroxyl groups is 1. The minimum absolute atomic E-state index is 0.0519. The van der Waals surface area contributed by atoms with Gasteiger partial charge in [-0.25, -0.2) is 9.59 Å². The minimum atomic E-state index is -1.15. The Bertz CT molecular complexity index is 602. The Morgan fingerprint density at radius 1 is 1.43 bits per heavy atom. The number of rotatable bonds is 5. The molecule has 0 saturated heterocycles. The van der Waals surface area contributed by atoms with E-state index >= 15 is 0 Å². The number of amides is 2. The molecule has 0 atom stereocenters. The van der Waals surface area contributed by atoms with E-state index in [0.29, 0.717) is 12.5 Å². The molecule has 21 heavy (non-hydrogen) atoms. The highest BCUT2D eigenvalue weighted by molar-refractivity contribution is 5.93. The van der Waals surface area contributed by atoms with E-state index in [9.17, 15) is 14.7 Å². The number of terminal acetylenes is 1. The van der Waals surface area contributed by atoms with Gasteiger partial charge in [-0.1, -0.05) is 5.92 Å². The largest absolute Gasteiger partial charge is 0.506 e. The highest BCUT2D eigenvalue weighted by Gasteiger charge is 2.26. The van der Waals surface area contributed by atoms with E-state index in [1.54, 1.807) is 0 Å². The molecule has 1 fully saturated rings. The van der Waals surface area contributed by atoms with Crippen LogP contribution in [0, 0.1) is 18.3 Å². The van der Waals surface area contributed by atoms with Gasteiger partial charge >= 0.3 is 12.0 Å². The molecule has 110 valence electrons. The summed E-state index contributed by atoms with van der Waals surface area (Å²) in [4.78, 5) is 24.4. The van der Waals surface area contributed by atoms with Gasteiger partial charge in [0, 0.05) is 6.54 Å². The van der Waals surface area contributed by atoms with Crippen LogP contribution >= 0.6 is 0 Å². The third kappa shape index (κ3) is 3.89. The Morgan fingerprint density at radius 3 is 2.67 bits per heavy atom. The van der Waals surface area contributed by atoms with Gasteiger partial charge in [0.15, 0.2) is 0 Å². The van der Waals surface area contributed by atoms with E-state index < -0.39 is 12.0 Å². The summed E-state index contributed by atoms with van der Waals surface area (Å²) >= 11 is 0. The smallest absolute Gasteiger partial charge is 0.335 e. The van der Waals surface area contributed by atoms with Crippen molar-refractivity contribution in [1.29, 1.82) is 0 Å². The topological polar surface area (TPSA) is 89.9 Å². The van der Waals surface area contributed by atoms with Gasteiger partial charge < -0.3 is 20.4 Å². The third-order valence-corrected chi connectivity index (χ3v) is 3.23. The molecule has 0 bridgehead atoms. The lowest BCUT2D eigenvalue weighted by molar-refractivity contribution is 0.0696. The van der Waals surface area contributed by atoms with Crippen molar-refractivity contribution in [3.8, 4) is 18.1 Å². The average Bonchev–Trinajstić information content (AvgIpc) is 3.24. The molecule has 0 radical (unpaired) electrons. The number of hydrogen-bond donors (Lipinski definition) is 3. The van der Waals surface area contributed by atoms with Crippen LogP contribution < -0.4 is 5.32 Å². The van der Waals surface area contributed by atoms with Crippen molar-refractivity contribution < 1.29 is 19.8 Å². The average molecular weight is 288 g/mol. The van der Waals surface area contributed by atoms with Gasteiger partial charge in [-0.05, 0) is 37.0 Å². The highest BCUT2D eigenvalue weighted by Crippen LogP contribution is 2.30. The second-order valence-corrected chi connectivity index (χ2v) is 5.00. The number of nitrogens with zero attached hydrogens (tertiary/aromatic N) is 1. The van der Waals surface area contributed by atoms with Crippen molar-refractivity contribution in [3.05, 3.63) is 23.8 Å². The van der Waals surface area contributed by atoms with Crippen molar-refractivity contribution in [2.24, 2.45) is 5.92 Å². The summed E-state index contributed by atoms with van der Waals surface area (Å²) in [6.07, 6.45) is 7.43. The van der Waals surface area contributed by atoms with Crippen molar-refractivity contribution in [2.75, 3.05) is 18.4 Å². The zero-order valence-electron chi connectivity index (χ0n) is 11.4. The van der Waals surface area contributed by atoms with Crippen LogP contribution in [-0.2, 0) is 0 Å². The van der Waals surface area contributed by atoms with E-state index in [2.05, 4.69) is 11.2 Å². The molecule has 2 amide bonds. The van der Waals surface area contributed by atoms with Gasteiger partial charge in [-0.15, -0.1) is 6.42 Å². The molecule has 0 aliphatic heterocycles. The molecule has 0 heterocycles. The molecule has 1 aliphatic carbocycles. The maximum Gasteiger partial charge on any atom is 0.335 e. The molecule has 3 N–H and O–H groups in total. The second-order valence-electron chi connectivity index (χ2n) is 5.00. The number of anilines is 1. The quantitative estimate of drug-likeness (QED) is 0.570. The number of aromatic carboxylic acids is 1. The normalized spacial score (nSPS) is 13.3. The third-order valence-electron chi connectivity index (χ3n) is 3.23. The molecule has 0 aromatic heterocycles. The second kappa shape index (κ2) is 6.18. The monoisotopic (exact) mass is 288 g/mol. The van der Waals surface area contributed by atoms with Crippen molar-refractivity contribution in [3.63, 3.8) is 0 Å². The van der Waals surface area contributed by atoms with Gasteiger partial charge in [0.1, 0.15) is 5.75 Å². The first-order valence-electron chi connectivity index (χ1n) is 6.57. The summed E-state index contributed by atoms with van der Waals surface area (Å²) in [6, 6.07) is 3.34. The lowest BCUT2D eigenvalue weighted by atomic mass is 10.2. The van der Waals surface area contributed by atoms with Crippen molar-refractivity contribution in [1.82, 2.24) is 4.90 Å². The number of phenols is 1. The van der Waals surface area contributed by atoms with E-state index in [-0.39, 0.29) is 23.5 Å². The standard InChI is InChI=1S/C15H16N2O4/c1-2-7-17(9-10-3-4-10)15(21)16-12-6-5-11(14(19)20)8-13(12)18/h1,5-6,8,10,18H,3-4,7,9H2,(H,16,21)(H,19,20). The number of benzene rings is 1. The number of hydrogen-bond acceptors (Lipinski definition) is 3. The summed E-state index contributed by atoms with van der Waals surface area (Å²) < 4.78 is 0. The molecule has 6 nitrogen and oxygen atoms in total. The molecular formula is C15H16N2O4. The summed E-state index contributed by atoms with van der Waals surface area (Å²) in [5, 5.41) is 21.1. The number of carbonyl (C=O) groups excluding carboxylic acids is 1. The molecule has 0 unspecified atom stereocenters. The Kier molecular flexibility index (Phi) is 4.33. The maximum atomic E-state index is 12.1. The Balaban J connectivity index is 2.06. The zero-order valence-corrected chi connectivity index (χ0v) is 11.4. The van der Waals surface area contributed by atoms with E-state index in [1.807, 2.05) is 0 Å². The predicted octanol–water partition coefficient (Wildman–Crippen LogP) is 1.97. The fourth-order valence-corrected chi connectivity index (χ4v) is 1.91.